The van der Waals surface area contributed by atoms with E-state index < -0.39 is 17.8 Å². The maximum absolute atomic E-state index is 13.1. The van der Waals surface area contributed by atoms with E-state index in [0.29, 0.717) is 43.4 Å². The maximum atomic E-state index is 13.1. The predicted molar refractivity (Wildman–Crippen MR) is 109 cm³/mol. The molecular weight excluding hydrogens is 481 g/mol. The van der Waals surface area contributed by atoms with Gasteiger partial charge in [-0.1, -0.05) is 0 Å². The van der Waals surface area contributed by atoms with Gasteiger partial charge in [0, 0.05) is 38.4 Å². The molecule has 0 spiro atoms. The van der Waals surface area contributed by atoms with Crippen molar-refractivity contribution in [1.82, 2.24) is 9.80 Å². The minimum Gasteiger partial charge on any atom is -0.487 e. The van der Waals surface area contributed by atoms with E-state index in [0.717, 1.165) is 12.1 Å². The monoisotopic (exact) mass is 504 g/mol. The molecule has 4 rings (SSSR count). The molecule has 31 heavy (non-hydrogen) atoms. The Kier molecular flexibility index (Phi) is 6.22. The van der Waals surface area contributed by atoms with Crippen LogP contribution in [-0.4, -0.2) is 66.1 Å². The van der Waals surface area contributed by atoms with E-state index in [1.165, 1.54) is 6.07 Å². The van der Waals surface area contributed by atoms with Crippen molar-refractivity contribution in [2.45, 2.75) is 50.6 Å². The first-order chi connectivity index (χ1) is 14.6. The summed E-state index contributed by atoms with van der Waals surface area (Å²) >= 11 is 3.25. The smallest absolute Gasteiger partial charge is 0.416 e. The van der Waals surface area contributed by atoms with Gasteiger partial charge in [0.05, 0.1) is 22.2 Å². The van der Waals surface area contributed by atoms with Gasteiger partial charge in [-0.15, -0.1) is 0 Å². The van der Waals surface area contributed by atoms with Gasteiger partial charge < -0.3 is 19.3 Å². The zero-order chi connectivity index (χ0) is 22.3. The number of halogens is 4. The number of piperidine rings is 1. The second-order valence-corrected chi connectivity index (χ2v) is 9.25. The lowest BCUT2D eigenvalue weighted by molar-refractivity contribution is -0.140. The van der Waals surface area contributed by atoms with Gasteiger partial charge in [0.25, 0.3) is 0 Å². The van der Waals surface area contributed by atoms with Crippen LogP contribution in [0.3, 0.4) is 0 Å². The molecule has 3 saturated heterocycles. The molecular formula is C21H24BrF3N2O4. The SMILES string of the molecule is C[C@@H]1[C@@H](Oc2cc(C(F)(F)F)ccc2Br)CCN1C(=O)N1CC[C@@H]2OCC(=O)C[C@@H]2C1. The lowest BCUT2D eigenvalue weighted by atomic mass is 9.88. The van der Waals surface area contributed by atoms with Crippen LogP contribution in [0.1, 0.15) is 31.7 Å². The molecule has 0 radical (unpaired) electrons. The lowest BCUT2D eigenvalue weighted by Crippen LogP contribution is -2.54. The molecule has 0 N–H and O–H groups in total. The summed E-state index contributed by atoms with van der Waals surface area (Å²) in [6.45, 7) is 3.49. The molecule has 4 atom stereocenters. The third-order valence-corrected chi connectivity index (χ3v) is 7.00. The first-order valence-electron chi connectivity index (χ1n) is 10.4. The number of ketones is 1. The minimum atomic E-state index is -4.46. The van der Waals surface area contributed by atoms with E-state index in [9.17, 15) is 22.8 Å². The van der Waals surface area contributed by atoms with Crippen molar-refractivity contribution < 1.29 is 32.2 Å². The van der Waals surface area contributed by atoms with Crippen molar-refractivity contribution in [2.24, 2.45) is 5.92 Å². The fourth-order valence-electron chi connectivity index (χ4n) is 4.61. The third-order valence-electron chi connectivity index (χ3n) is 6.35. The molecule has 2 amide bonds. The van der Waals surface area contributed by atoms with Crippen molar-refractivity contribution >= 4 is 27.7 Å². The van der Waals surface area contributed by atoms with Gasteiger partial charge >= 0.3 is 12.2 Å². The Hall–Kier alpha value is -1.81. The van der Waals surface area contributed by atoms with Gasteiger partial charge in [0.2, 0.25) is 0 Å². The Morgan fingerprint density at radius 3 is 2.77 bits per heavy atom. The number of carbonyl (C=O) groups excluding carboxylic acids is 2. The summed E-state index contributed by atoms with van der Waals surface area (Å²) in [5.41, 5.74) is -0.781. The van der Waals surface area contributed by atoms with E-state index in [4.69, 9.17) is 9.47 Å². The number of Topliss-reactive ketones (excluding diaryl/α,β-unsaturated/α-hetero) is 1. The van der Waals surface area contributed by atoms with Crippen LogP contribution in [0.15, 0.2) is 22.7 Å². The second-order valence-electron chi connectivity index (χ2n) is 8.39. The van der Waals surface area contributed by atoms with Crippen molar-refractivity contribution in [1.29, 1.82) is 0 Å². The van der Waals surface area contributed by atoms with Gasteiger partial charge in [0.1, 0.15) is 18.5 Å². The highest BCUT2D eigenvalue weighted by Gasteiger charge is 2.42. The number of ether oxygens (including phenoxy) is 2. The molecule has 0 bridgehead atoms. The molecule has 0 saturated carbocycles. The number of amides is 2. The average Bonchev–Trinajstić information content (AvgIpc) is 3.07. The molecule has 6 nitrogen and oxygen atoms in total. The Bertz CT molecular complexity index is 866. The van der Waals surface area contributed by atoms with Gasteiger partial charge in [-0.3, -0.25) is 4.79 Å². The molecule has 1 aromatic carbocycles. The van der Waals surface area contributed by atoms with Gasteiger partial charge in [-0.2, -0.15) is 13.2 Å². The van der Waals surface area contributed by atoms with Crippen molar-refractivity contribution in [3.8, 4) is 5.75 Å². The topological polar surface area (TPSA) is 59.1 Å². The number of fused-ring (bicyclic) bond motifs is 1. The fraction of sp³-hybridized carbons (Fsp3) is 0.619. The standard InChI is InChI=1S/C21H24BrF3N2O4/c1-12-17(31-19-9-14(21(23,24)25)2-3-16(19)22)5-7-27(12)20(29)26-6-4-18-13(10-26)8-15(28)11-30-18/h2-3,9,12-13,17-18H,4-8,10-11H2,1H3/t12-,13-,17+,18+/m1/s1. The number of alkyl halides is 3. The summed E-state index contributed by atoms with van der Waals surface area (Å²) in [5, 5.41) is 0. The van der Waals surface area contributed by atoms with Crippen LogP contribution in [0.4, 0.5) is 18.0 Å². The van der Waals surface area contributed by atoms with Crippen LogP contribution < -0.4 is 4.74 Å². The van der Waals surface area contributed by atoms with Crippen LogP contribution in [0.2, 0.25) is 0 Å². The summed E-state index contributed by atoms with van der Waals surface area (Å²) in [4.78, 5) is 28.3. The van der Waals surface area contributed by atoms with Crippen molar-refractivity contribution in [3.63, 3.8) is 0 Å². The highest BCUT2D eigenvalue weighted by Crippen LogP contribution is 2.37. The first-order valence-corrected chi connectivity index (χ1v) is 11.1. The fourth-order valence-corrected chi connectivity index (χ4v) is 4.95. The molecule has 0 aliphatic carbocycles. The molecule has 3 fully saturated rings. The second kappa shape index (κ2) is 8.61. The highest BCUT2D eigenvalue weighted by atomic mass is 79.9. The molecule has 3 heterocycles. The minimum absolute atomic E-state index is 0.0185. The zero-order valence-corrected chi connectivity index (χ0v) is 18.6. The van der Waals surface area contributed by atoms with Crippen LogP contribution in [0.5, 0.6) is 5.75 Å². The Morgan fingerprint density at radius 1 is 1.26 bits per heavy atom. The lowest BCUT2D eigenvalue weighted by Gasteiger charge is -2.42. The van der Waals surface area contributed by atoms with Crippen LogP contribution in [0, 0.1) is 5.92 Å². The highest BCUT2D eigenvalue weighted by molar-refractivity contribution is 9.10. The van der Waals surface area contributed by atoms with Crippen molar-refractivity contribution in [3.05, 3.63) is 28.2 Å². The number of likely N-dealkylation sites (tertiary alicyclic amines) is 2. The zero-order valence-electron chi connectivity index (χ0n) is 17.0. The van der Waals surface area contributed by atoms with Crippen molar-refractivity contribution in [2.75, 3.05) is 26.2 Å². The number of nitrogens with zero attached hydrogens (tertiary/aromatic N) is 2. The summed E-state index contributed by atoms with van der Waals surface area (Å²) < 4.78 is 51.1. The third kappa shape index (κ3) is 4.69. The summed E-state index contributed by atoms with van der Waals surface area (Å²) in [7, 11) is 0. The van der Waals surface area contributed by atoms with Crippen LogP contribution in [0.25, 0.3) is 0 Å². The molecule has 10 heteroatoms. The molecule has 3 aliphatic rings. The van der Waals surface area contributed by atoms with Gasteiger partial charge in [0.15, 0.2) is 5.78 Å². The number of benzene rings is 1. The summed E-state index contributed by atoms with van der Waals surface area (Å²) in [6, 6.07) is 2.87. The molecule has 170 valence electrons. The summed E-state index contributed by atoms with van der Waals surface area (Å²) in [5.74, 6) is 0.190. The van der Waals surface area contributed by atoms with E-state index in [-0.39, 0.29) is 42.2 Å². The van der Waals surface area contributed by atoms with E-state index in [2.05, 4.69) is 15.9 Å². The van der Waals surface area contributed by atoms with Gasteiger partial charge in [-0.25, -0.2) is 4.79 Å². The van der Waals surface area contributed by atoms with Crippen LogP contribution in [-0.2, 0) is 15.7 Å². The number of hydrogen-bond donors (Lipinski definition) is 0. The number of carbonyl (C=O) groups is 2. The normalized spacial score (nSPS) is 29.1. The van der Waals surface area contributed by atoms with Crippen LogP contribution >= 0.6 is 15.9 Å². The molecule has 0 aromatic heterocycles. The largest absolute Gasteiger partial charge is 0.487 e. The van der Waals surface area contributed by atoms with E-state index in [1.54, 1.807) is 9.80 Å². The Balaban J connectivity index is 1.41. The summed E-state index contributed by atoms with van der Waals surface area (Å²) in [6.07, 6.45) is -3.20. The van der Waals surface area contributed by atoms with E-state index >= 15 is 0 Å². The maximum Gasteiger partial charge on any atom is 0.416 e. The van der Waals surface area contributed by atoms with E-state index in [1.807, 2.05) is 6.92 Å². The predicted octanol–water partition coefficient (Wildman–Crippen LogP) is 4.11. The number of rotatable bonds is 2. The average molecular weight is 505 g/mol. The molecule has 0 unspecified atom stereocenters. The first kappa shape index (κ1) is 22.4. The Morgan fingerprint density at radius 2 is 2.03 bits per heavy atom. The number of hydrogen-bond acceptors (Lipinski definition) is 4. The Labute approximate surface area is 186 Å². The molecule has 3 aliphatic heterocycles. The quantitative estimate of drug-likeness (QED) is 0.608. The number of urea groups is 1. The van der Waals surface area contributed by atoms with Gasteiger partial charge in [-0.05, 0) is 47.5 Å². The molecule has 1 aromatic rings.